The number of likely N-dealkylation sites (tertiary alicyclic amines) is 1. The monoisotopic (exact) mass is 411 g/mol. The van der Waals surface area contributed by atoms with Crippen molar-refractivity contribution < 1.29 is 19.1 Å². The lowest BCUT2D eigenvalue weighted by Gasteiger charge is -2.27. The molecule has 2 atom stereocenters. The topological polar surface area (TPSA) is 91.7 Å². The first-order valence-corrected chi connectivity index (χ1v) is 11.0. The molecule has 2 aliphatic heterocycles. The normalized spacial score (nSPS) is 21.8. The van der Waals surface area contributed by atoms with Gasteiger partial charge in [-0.15, -0.1) is 0 Å². The second kappa shape index (κ2) is 9.38. The van der Waals surface area contributed by atoms with E-state index in [1.54, 1.807) is 23.1 Å². The molecule has 4 rings (SSSR count). The van der Waals surface area contributed by atoms with Gasteiger partial charge in [0.1, 0.15) is 12.1 Å². The van der Waals surface area contributed by atoms with Crippen molar-refractivity contribution >= 4 is 11.8 Å². The molecule has 7 heteroatoms. The molecule has 2 amide bonds. The number of ether oxygens (including phenoxy) is 2. The Labute approximate surface area is 177 Å². The highest BCUT2D eigenvalue weighted by Gasteiger charge is 2.35. The number of nitrogens with zero attached hydrogens (tertiary/aromatic N) is 2. The summed E-state index contributed by atoms with van der Waals surface area (Å²) in [5.74, 6) is 1.65. The van der Waals surface area contributed by atoms with Crippen LogP contribution in [0, 0.1) is 17.2 Å². The molecule has 1 unspecified atom stereocenters. The number of carbonyl (C=O) groups excluding carboxylic acids is 2. The zero-order chi connectivity index (χ0) is 20.9. The number of carbonyl (C=O) groups is 2. The third-order valence-electron chi connectivity index (χ3n) is 6.51. The van der Waals surface area contributed by atoms with E-state index in [9.17, 15) is 14.9 Å². The van der Waals surface area contributed by atoms with E-state index in [4.69, 9.17) is 9.47 Å². The maximum Gasteiger partial charge on any atom is 0.244 e. The Bertz CT molecular complexity index is 828. The minimum atomic E-state index is -0.799. The molecule has 160 valence electrons. The largest absolute Gasteiger partial charge is 0.454 e. The molecule has 1 aromatic carbocycles. The Kier molecular flexibility index (Phi) is 6.41. The smallest absolute Gasteiger partial charge is 0.244 e. The third-order valence-corrected chi connectivity index (χ3v) is 6.51. The summed E-state index contributed by atoms with van der Waals surface area (Å²) in [7, 11) is 0. The van der Waals surface area contributed by atoms with E-state index in [1.807, 2.05) is 0 Å². The van der Waals surface area contributed by atoms with Crippen LogP contribution in [0.15, 0.2) is 18.2 Å². The van der Waals surface area contributed by atoms with E-state index < -0.39 is 12.1 Å². The summed E-state index contributed by atoms with van der Waals surface area (Å²) in [6.45, 7) is 0.769. The van der Waals surface area contributed by atoms with Crippen molar-refractivity contribution in [2.24, 2.45) is 5.92 Å². The minimum absolute atomic E-state index is 0.0646. The fourth-order valence-electron chi connectivity index (χ4n) is 4.81. The van der Waals surface area contributed by atoms with E-state index >= 15 is 0 Å². The number of hydrogen-bond donors (Lipinski definition) is 1. The number of nitrogens with one attached hydrogen (secondary N) is 1. The van der Waals surface area contributed by atoms with E-state index in [-0.39, 0.29) is 18.6 Å². The Morgan fingerprint density at radius 1 is 1.13 bits per heavy atom. The first kappa shape index (κ1) is 20.5. The molecule has 7 nitrogen and oxygen atoms in total. The van der Waals surface area contributed by atoms with Crippen molar-refractivity contribution in [2.45, 2.75) is 69.9 Å². The van der Waals surface area contributed by atoms with E-state index in [1.165, 1.54) is 32.1 Å². The first-order valence-electron chi connectivity index (χ1n) is 11.0. The van der Waals surface area contributed by atoms with Crippen LogP contribution in [0.2, 0.25) is 0 Å². The summed E-state index contributed by atoms with van der Waals surface area (Å²) in [5, 5.41) is 12.4. The van der Waals surface area contributed by atoms with Gasteiger partial charge in [-0.05, 0) is 42.9 Å². The van der Waals surface area contributed by atoms with Crippen LogP contribution in [-0.4, -0.2) is 36.1 Å². The van der Waals surface area contributed by atoms with Gasteiger partial charge in [0, 0.05) is 13.0 Å². The van der Waals surface area contributed by atoms with Gasteiger partial charge in [-0.25, -0.2) is 0 Å². The first-order chi connectivity index (χ1) is 14.7. The van der Waals surface area contributed by atoms with Crippen molar-refractivity contribution in [3.05, 3.63) is 23.8 Å². The number of fused-ring (bicyclic) bond motifs is 1. The molecule has 1 saturated heterocycles. The Morgan fingerprint density at radius 2 is 1.93 bits per heavy atom. The fraction of sp³-hybridized carbons (Fsp3) is 0.609. The highest BCUT2D eigenvalue weighted by atomic mass is 16.7. The van der Waals surface area contributed by atoms with Gasteiger partial charge in [0.15, 0.2) is 11.5 Å². The van der Waals surface area contributed by atoms with Crippen LogP contribution in [-0.2, 0) is 9.59 Å². The summed E-state index contributed by atoms with van der Waals surface area (Å²) in [6.07, 6.45) is 9.16. The van der Waals surface area contributed by atoms with E-state index in [2.05, 4.69) is 11.4 Å². The maximum absolute atomic E-state index is 12.9. The Hall–Kier alpha value is -2.75. The van der Waals surface area contributed by atoms with Crippen LogP contribution in [0.1, 0.15) is 69.4 Å². The molecule has 0 spiro atoms. The predicted molar refractivity (Wildman–Crippen MR) is 110 cm³/mol. The molecule has 2 heterocycles. The summed E-state index contributed by atoms with van der Waals surface area (Å²) in [6, 6.07) is 6.07. The summed E-state index contributed by atoms with van der Waals surface area (Å²) in [4.78, 5) is 27.5. The van der Waals surface area contributed by atoms with E-state index in [0.717, 1.165) is 12.8 Å². The van der Waals surface area contributed by atoms with Crippen LogP contribution in [0.5, 0.6) is 11.5 Å². The van der Waals surface area contributed by atoms with Gasteiger partial charge in [-0.3, -0.25) is 9.59 Å². The van der Waals surface area contributed by atoms with Gasteiger partial charge in [0.2, 0.25) is 18.6 Å². The Balaban J connectivity index is 1.35. The molecule has 1 saturated carbocycles. The molecule has 3 aliphatic rings. The van der Waals surface area contributed by atoms with Gasteiger partial charge < -0.3 is 19.7 Å². The lowest BCUT2D eigenvalue weighted by atomic mass is 9.86. The molecule has 1 aliphatic carbocycles. The number of nitriles is 1. The quantitative estimate of drug-likeness (QED) is 0.774. The van der Waals surface area contributed by atoms with Gasteiger partial charge in [0.05, 0.1) is 6.07 Å². The molecule has 1 aromatic rings. The van der Waals surface area contributed by atoms with Gasteiger partial charge in [0.25, 0.3) is 0 Å². The lowest BCUT2D eigenvalue weighted by molar-refractivity contribution is -0.138. The highest BCUT2D eigenvalue weighted by Crippen LogP contribution is 2.34. The van der Waals surface area contributed by atoms with Crippen LogP contribution in [0.4, 0.5) is 0 Å². The molecule has 2 fully saturated rings. The summed E-state index contributed by atoms with van der Waals surface area (Å²) < 4.78 is 10.7. The van der Waals surface area contributed by atoms with Gasteiger partial charge in [-0.1, -0.05) is 38.2 Å². The number of benzene rings is 1. The Morgan fingerprint density at radius 3 is 2.73 bits per heavy atom. The van der Waals surface area contributed by atoms with Crippen LogP contribution >= 0.6 is 0 Å². The fourth-order valence-corrected chi connectivity index (χ4v) is 4.81. The second-order valence-electron chi connectivity index (χ2n) is 8.47. The average molecular weight is 412 g/mol. The molecule has 1 N–H and O–H groups in total. The predicted octanol–water partition coefficient (Wildman–Crippen LogP) is 3.45. The second-order valence-corrected chi connectivity index (χ2v) is 8.47. The minimum Gasteiger partial charge on any atom is -0.454 e. The molecule has 0 radical (unpaired) electrons. The number of amides is 2. The standard InChI is InChI=1S/C23H29N3O4/c24-14-18(17-9-10-20-21(13-17)30-15-29-20)25-23(28)19-7-4-12-26(19)22(27)11-8-16-5-2-1-3-6-16/h9-10,13,16,18-19H,1-8,11-12,15H2,(H,25,28)/t18?,19-/m0/s1. The van der Waals surface area contributed by atoms with Crippen LogP contribution in [0.25, 0.3) is 0 Å². The number of rotatable bonds is 6. The maximum atomic E-state index is 12.9. The van der Waals surface area contributed by atoms with Crippen molar-refractivity contribution in [3.63, 3.8) is 0 Å². The summed E-state index contributed by atoms with van der Waals surface area (Å²) in [5.41, 5.74) is 0.642. The number of hydrogen-bond acceptors (Lipinski definition) is 5. The molecule has 0 bridgehead atoms. The van der Waals surface area contributed by atoms with E-state index in [0.29, 0.717) is 42.4 Å². The zero-order valence-corrected chi connectivity index (χ0v) is 17.3. The van der Waals surface area contributed by atoms with Crippen LogP contribution < -0.4 is 14.8 Å². The summed E-state index contributed by atoms with van der Waals surface area (Å²) >= 11 is 0. The molecular weight excluding hydrogens is 382 g/mol. The average Bonchev–Trinajstić information content (AvgIpc) is 3.45. The van der Waals surface area contributed by atoms with Crippen LogP contribution in [0.3, 0.4) is 0 Å². The van der Waals surface area contributed by atoms with Crippen molar-refractivity contribution in [1.82, 2.24) is 10.2 Å². The third kappa shape index (κ3) is 4.53. The van der Waals surface area contributed by atoms with Crippen molar-refractivity contribution in [2.75, 3.05) is 13.3 Å². The van der Waals surface area contributed by atoms with Gasteiger partial charge in [-0.2, -0.15) is 5.26 Å². The van der Waals surface area contributed by atoms with Gasteiger partial charge >= 0.3 is 0 Å². The lowest BCUT2D eigenvalue weighted by Crippen LogP contribution is -2.46. The molecular formula is C23H29N3O4. The SMILES string of the molecule is N#CC(NC(=O)[C@@H]1CCCN1C(=O)CCC1CCCCC1)c1ccc2c(c1)OCO2. The van der Waals surface area contributed by atoms with Crippen molar-refractivity contribution in [1.29, 1.82) is 5.26 Å². The molecule has 0 aromatic heterocycles. The van der Waals surface area contributed by atoms with Crippen molar-refractivity contribution in [3.8, 4) is 17.6 Å². The zero-order valence-electron chi connectivity index (χ0n) is 17.3. The highest BCUT2D eigenvalue weighted by molar-refractivity contribution is 5.88. The molecule has 30 heavy (non-hydrogen) atoms.